The van der Waals surface area contributed by atoms with E-state index in [1.165, 1.54) is 6.07 Å². The summed E-state index contributed by atoms with van der Waals surface area (Å²) in [6, 6.07) is 4.83. The molecule has 0 heterocycles. The van der Waals surface area contributed by atoms with Gasteiger partial charge in [-0.15, -0.1) is 0 Å². The molecule has 1 rings (SSSR count). The third-order valence-corrected chi connectivity index (χ3v) is 1.94. The van der Waals surface area contributed by atoms with Crippen molar-refractivity contribution in [3.63, 3.8) is 0 Å². The highest BCUT2D eigenvalue weighted by atomic mass is 79.9. The van der Waals surface area contributed by atoms with Crippen LogP contribution in [0.15, 0.2) is 22.7 Å². The summed E-state index contributed by atoms with van der Waals surface area (Å²) < 4.78 is 13.7. The Morgan fingerprint density at radius 2 is 2.25 bits per heavy atom. The Kier molecular flexibility index (Phi) is 3.65. The molecule has 4 heteroatoms. The Morgan fingerprint density at radius 3 is 2.83 bits per heavy atom. The standard InChI is InChI=1S/C8H9BrFNO/c9-7-2-1-6(4-11-5-12)8(10)3-7/h1-3,11-12H,4-5H2. The van der Waals surface area contributed by atoms with Gasteiger partial charge in [0.2, 0.25) is 0 Å². The molecule has 0 saturated heterocycles. The molecule has 12 heavy (non-hydrogen) atoms. The van der Waals surface area contributed by atoms with Gasteiger partial charge in [0.25, 0.3) is 0 Å². The quantitative estimate of drug-likeness (QED) is 0.779. The SMILES string of the molecule is OCNCc1ccc(Br)cc1F. The molecule has 0 unspecified atom stereocenters. The van der Waals surface area contributed by atoms with Crippen LogP contribution in [0.5, 0.6) is 0 Å². The molecule has 0 atom stereocenters. The molecule has 0 radical (unpaired) electrons. The lowest BCUT2D eigenvalue weighted by molar-refractivity contribution is 0.258. The number of hydrogen-bond acceptors (Lipinski definition) is 2. The Hall–Kier alpha value is -0.450. The third kappa shape index (κ3) is 2.55. The molecule has 0 fully saturated rings. The molecule has 1 aromatic carbocycles. The third-order valence-electron chi connectivity index (χ3n) is 1.44. The van der Waals surface area contributed by atoms with E-state index in [1.54, 1.807) is 12.1 Å². The van der Waals surface area contributed by atoms with Gasteiger partial charge in [-0.05, 0) is 12.1 Å². The van der Waals surface area contributed by atoms with Crippen molar-refractivity contribution in [2.75, 3.05) is 6.73 Å². The highest BCUT2D eigenvalue weighted by Crippen LogP contribution is 2.14. The van der Waals surface area contributed by atoms with Gasteiger partial charge in [0, 0.05) is 16.6 Å². The summed E-state index contributed by atoms with van der Waals surface area (Å²) in [5, 5.41) is 11.1. The minimum absolute atomic E-state index is 0.143. The van der Waals surface area contributed by atoms with Gasteiger partial charge in [-0.2, -0.15) is 0 Å². The van der Waals surface area contributed by atoms with Crippen LogP contribution in [0, 0.1) is 5.82 Å². The number of rotatable bonds is 3. The van der Waals surface area contributed by atoms with Crippen LogP contribution in [0.25, 0.3) is 0 Å². The number of benzene rings is 1. The fourth-order valence-corrected chi connectivity index (χ4v) is 1.19. The van der Waals surface area contributed by atoms with Crippen LogP contribution >= 0.6 is 15.9 Å². The Balaban J connectivity index is 2.72. The number of nitrogens with one attached hydrogen (secondary N) is 1. The lowest BCUT2D eigenvalue weighted by Gasteiger charge is -2.02. The molecule has 0 bridgehead atoms. The average molecular weight is 234 g/mol. The van der Waals surface area contributed by atoms with Crippen molar-refractivity contribution >= 4 is 15.9 Å². The van der Waals surface area contributed by atoms with E-state index in [0.717, 1.165) is 0 Å². The zero-order chi connectivity index (χ0) is 8.97. The monoisotopic (exact) mass is 233 g/mol. The van der Waals surface area contributed by atoms with E-state index in [0.29, 0.717) is 16.6 Å². The van der Waals surface area contributed by atoms with Crippen molar-refractivity contribution in [2.24, 2.45) is 0 Å². The van der Waals surface area contributed by atoms with Crippen LogP contribution in [0.4, 0.5) is 4.39 Å². The second-order valence-corrected chi connectivity index (χ2v) is 3.24. The average Bonchev–Trinajstić information content (AvgIpc) is 2.03. The topological polar surface area (TPSA) is 32.3 Å². The van der Waals surface area contributed by atoms with E-state index in [9.17, 15) is 4.39 Å². The zero-order valence-corrected chi connectivity index (χ0v) is 7.94. The maximum atomic E-state index is 13.0. The van der Waals surface area contributed by atoms with Crippen LogP contribution in [0.1, 0.15) is 5.56 Å². The highest BCUT2D eigenvalue weighted by Gasteiger charge is 2.00. The smallest absolute Gasteiger partial charge is 0.128 e. The van der Waals surface area contributed by atoms with Crippen molar-refractivity contribution < 1.29 is 9.50 Å². The second kappa shape index (κ2) is 4.54. The fraction of sp³-hybridized carbons (Fsp3) is 0.250. The van der Waals surface area contributed by atoms with Gasteiger partial charge in [-0.3, -0.25) is 5.32 Å². The van der Waals surface area contributed by atoms with Gasteiger partial charge < -0.3 is 5.11 Å². The van der Waals surface area contributed by atoms with Gasteiger partial charge in [0.15, 0.2) is 0 Å². The van der Waals surface area contributed by atoms with Crippen molar-refractivity contribution in [3.05, 3.63) is 34.1 Å². The number of halogens is 2. The minimum Gasteiger partial charge on any atom is -0.381 e. The van der Waals surface area contributed by atoms with E-state index < -0.39 is 0 Å². The zero-order valence-electron chi connectivity index (χ0n) is 6.35. The lowest BCUT2D eigenvalue weighted by Crippen LogP contribution is -2.14. The molecule has 66 valence electrons. The Labute approximate surface area is 78.5 Å². The summed E-state index contributed by atoms with van der Waals surface area (Å²) in [7, 11) is 0. The van der Waals surface area contributed by atoms with E-state index in [-0.39, 0.29) is 12.5 Å². The fourth-order valence-electron chi connectivity index (χ4n) is 0.856. The second-order valence-electron chi connectivity index (χ2n) is 2.32. The van der Waals surface area contributed by atoms with Crippen LogP contribution in [-0.4, -0.2) is 11.8 Å². The molecule has 0 spiro atoms. The maximum Gasteiger partial charge on any atom is 0.128 e. The van der Waals surface area contributed by atoms with Crippen LogP contribution in [0.2, 0.25) is 0 Å². The minimum atomic E-state index is -0.273. The molecular weight excluding hydrogens is 225 g/mol. The van der Waals surface area contributed by atoms with Gasteiger partial charge in [-0.1, -0.05) is 22.0 Å². The normalized spacial score (nSPS) is 10.2. The Morgan fingerprint density at radius 1 is 1.50 bits per heavy atom. The summed E-state index contributed by atoms with van der Waals surface area (Å²) in [6.45, 7) is 0.200. The first kappa shape index (κ1) is 9.64. The molecular formula is C8H9BrFNO. The first-order valence-electron chi connectivity index (χ1n) is 3.49. The molecule has 0 aromatic heterocycles. The molecule has 1 aromatic rings. The summed E-state index contributed by atoms with van der Waals surface area (Å²) in [5.74, 6) is -0.273. The van der Waals surface area contributed by atoms with E-state index in [2.05, 4.69) is 21.2 Å². The maximum absolute atomic E-state index is 13.0. The molecule has 2 N–H and O–H groups in total. The number of aliphatic hydroxyl groups excluding tert-OH is 1. The Bertz CT molecular complexity index is 267. The van der Waals surface area contributed by atoms with E-state index in [4.69, 9.17) is 5.11 Å². The number of aliphatic hydroxyl groups is 1. The molecule has 0 amide bonds. The van der Waals surface area contributed by atoms with Crippen molar-refractivity contribution in [1.82, 2.24) is 5.32 Å². The predicted molar refractivity (Wildman–Crippen MR) is 48.0 cm³/mol. The van der Waals surface area contributed by atoms with E-state index in [1.807, 2.05) is 0 Å². The van der Waals surface area contributed by atoms with Crippen LogP contribution in [-0.2, 0) is 6.54 Å². The summed E-state index contributed by atoms with van der Waals surface area (Å²) >= 11 is 3.15. The van der Waals surface area contributed by atoms with E-state index >= 15 is 0 Å². The molecule has 0 aliphatic rings. The van der Waals surface area contributed by atoms with Gasteiger partial charge in [-0.25, -0.2) is 4.39 Å². The summed E-state index contributed by atoms with van der Waals surface area (Å²) in [6.07, 6.45) is 0. The first-order valence-corrected chi connectivity index (χ1v) is 4.29. The van der Waals surface area contributed by atoms with Crippen LogP contribution in [0.3, 0.4) is 0 Å². The molecule has 0 aliphatic heterocycles. The van der Waals surface area contributed by atoms with Crippen LogP contribution < -0.4 is 5.32 Å². The van der Waals surface area contributed by atoms with Crippen molar-refractivity contribution in [3.8, 4) is 0 Å². The predicted octanol–water partition coefficient (Wildman–Crippen LogP) is 1.63. The molecule has 0 saturated carbocycles. The lowest BCUT2D eigenvalue weighted by atomic mass is 10.2. The summed E-state index contributed by atoms with van der Waals surface area (Å²) in [4.78, 5) is 0. The molecule has 0 aliphatic carbocycles. The highest BCUT2D eigenvalue weighted by molar-refractivity contribution is 9.10. The van der Waals surface area contributed by atoms with Gasteiger partial charge in [0.05, 0.1) is 6.73 Å². The first-order chi connectivity index (χ1) is 5.74. The largest absolute Gasteiger partial charge is 0.381 e. The number of hydrogen-bond donors (Lipinski definition) is 2. The van der Waals surface area contributed by atoms with Gasteiger partial charge in [0.1, 0.15) is 5.82 Å². The van der Waals surface area contributed by atoms with Crippen molar-refractivity contribution in [2.45, 2.75) is 6.54 Å². The van der Waals surface area contributed by atoms with Gasteiger partial charge >= 0.3 is 0 Å². The molecule has 2 nitrogen and oxygen atoms in total. The van der Waals surface area contributed by atoms with Crippen molar-refractivity contribution in [1.29, 1.82) is 0 Å². The summed E-state index contributed by atoms with van der Waals surface area (Å²) in [5.41, 5.74) is 0.548.